The number of ether oxygens (including phenoxy) is 1. The number of aromatic nitrogens is 1. The van der Waals surface area contributed by atoms with Gasteiger partial charge >= 0.3 is 0 Å². The summed E-state index contributed by atoms with van der Waals surface area (Å²) >= 11 is 3.87. The van der Waals surface area contributed by atoms with Gasteiger partial charge in [0.05, 0.1) is 17.7 Å². The van der Waals surface area contributed by atoms with E-state index >= 15 is 0 Å². The summed E-state index contributed by atoms with van der Waals surface area (Å²) in [5.74, 6) is 4.08. The zero-order valence-corrected chi connectivity index (χ0v) is 13.8. The van der Waals surface area contributed by atoms with E-state index in [2.05, 4.69) is 16.4 Å². The van der Waals surface area contributed by atoms with Crippen LogP contribution in [-0.2, 0) is 23.3 Å². The van der Waals surface area contributed by atoms with E-state index in [4.69, 9.17) is 9.15 Å². The van der Waals surface area contributed by atoms with Crippen LogP contribution < -0.4 is 5.32 Å². The smallest absolute Gasteiger partial charge is 0.196 e. The van der Waals surface area contributed by atoms with Gasteiger partial charge in [-0.1, -0.05) is 0 Å². The molecule has 21 heavy (non-hydrogen) atoms. The van der Waals surface area contributed by atoms with Gasteiger partial charge in [0.25, 0.3) is 0 Å². The maximum atomic E-state index is 5.88. The molecule has 0 saturated carbocycles. The number of oxazole rings is 1. The molecule has 0 atom stereocenters. The molecule has 1 aliphatic heterocycles. The average Bonchev–Trinajstić information content (AvgIpc) is 3.13. The summed E-state index contributed by atoms with van der Waals surface area (Å²) in [4.78, 5) is 7.11. The van der Waals surface area contributed by atoms with Crippen molar-refractivity contribution in [3.05, 3.63) is 28.6 Å². The van der Waals surface area contributed by atoms with E-state index in [-0.39, 0.29) is 0 Å². The monoisotopic (exact) mass is 324 g/mol. The second-order valence-corrected chi connectivity index (χ2v) is 7.21. The number of hydrogen-bond acceptors (Lipinski definition) is 6. The van der Waals surface area contributed by atoms with E-state index in [1.807, 2.05) is 29.3 Å². The van der Waals surface area contributed by atoms with Crippen molar-refractivity contribution in [2.45, 2.75) is 18.6 Å². The summed E-state index contributed by atoms with van der Waals surface area (Å²) in [5.41, 5.74) is 1.48. The van der Waals surface area contributed by atoms with Crippen molar-refractivity contribution in [1.82, 2.24) is 10.3 Å². The van der Waals surface area contributed by atoms with Gasteiger partial charge in [0.1, 0.15) is 0 Å². The molecular formula is C15H20N2O2S2. The fraction of sp³-hybridized carbons (Fsp3) is 0.533. The number of rotatable bonds is 7. The van der Waals surface area contributed by atoms with E-state index in [1.54, 1.807) is 7.11 Å². The van der Waals surface area contributed by atoms with Crippen molar-refractivity contribution >= 4 is 23.1 Å². The third kappa shape index (κ3) is 3.88. The zero-order chi connectivity index (χ0) is 14.5. The van der Waals surface area contributed by atoms with E-state index in [0.717, 1.165) is 43.5 Å². The number of methoxy groups -OCH3 is 1. The Bertz CT molecular complexity index is 556. The number of nitrogens with one attached hydrogen (secondary N) is 1. The lowest BCUT2D eigenvalue weighted by molar-refractivity contribution is 0.199. The number of thioether (sulfide) groups is 1. The molecule has 2 aromatic heterocycles. The van der Waals surface area contributed by atoms with Crippen LogP contribution in [0.3, 0.4) is 0 Å². The molecule has 0 fully saturated rings. The largest absolute Gasteiger partial charge is 0.440 e. The van der Waals surface area contributed by atoms with Gasteiger partial charge in [0.2, 0.25) is 0 Å². The molecule has 3 heterocycles. The van der Waals surface area contributed by atoms with Crippen molar-refractivity contribution in [1.29, 1.82) is 0 Å². The molecule has 0 radical (unpaired) electrons. The first-order valence-electron chi connectivity index (χ1n) is 7.21. The highest BCUT2D eigenvalue weighted by atomic mass is 32.2. The normalized spacial score (nSPS) is 14.3. The lowest BCUT2D eigenvalue weighted by atomic mass is 10.2. The van der Waals surface area contributed by atoms with E-state index in [0.29, 0.717) is 0 Å². The van der Waals surface area contributed by atoms with Crippen molar-refractivity contribution in [3.8, 4) is 10.6 Å². The second kappa shape index (κ2) is 7.45. The fourth-order valence-electron chi connectivity index (χ4n) is 2.30. The lowest BCUT2D eigenvalue weighted by Crippen LogP contribution is -2.21. The molecule has 114 valence electrons. The minimum atomic E-state index is 0.732. The van der Waals surface area contributed by atoms with E-state index in [1.165, 1.54) is 27.5 Å². The summed E-state index contributed by atoms with van der Waals surface area (Å²) in [6, 6.07) is 2.27. The van der Waals surface area contributed by atoms with E-state index < -0.39 is 0 Å². The number of hydrogen-bond donors (Lipinski definition) is 1. The second-order valence-electron chi connectivity index (χ2n) is 4.97. The molecule has 1 N–H and O–H groups in total. The van der Waals surface area contributed by atoms with Crippen LogP contribution in [0.2, 0.25) is 0 Å². The third-order valence-electron chi connectivity index (χ3n) is 3.42. The van der Waals surface area contributed by atoms with Crippen LogP contribution in [0.25, 0.3) is 10.6 Å². The van der Waals surface area contributed by atoms with Gasteiger partial charge in [-0.2, -0.15) is 11.8 Å². The molecule has 0 aliphatic carbocycles. The van der Waals surface area contributed by atoms with Crippen LogP contribution in [0.15, 0.2) is 16.7 Å². The number of aryl methyl sites for hydroxylation is 1. The minimum absolute atomic E-state index is 0.732. The number of fused-ring (bicyclic) bond motifs is 1. The van der Waals surface area contributed by atoms with Crippen LogP contribution in [-0.4, -0.2) is 37.5 Å². The van der Waals surface area contributed by atoms with Gasteiger partial charge in [-0.05, 0) is 23.8 Å². The van der Waals surface area contributed by atoms with Crippen molar-refractivity contribution in [2.24, 2.45) is 0 Å². The summed E-state index contributed by atoms with van der Waals surface area (Å²) in [5, 5.41) is 3.30. The molecule has 0 saturated heterocycles. The van der Waals surface area contributed by atoms with Gasteiger partial charge < -0.3 is 14.5 Å². The predicted octanol–water partition coefficient (Wildman–Crippen LogP) is 2.97. The van der Waals surface area contributed by atoms with Crippen LogP contribution in [0, 0.1) is 0 Å². The van der Waals surface area contributed by atoms with Crippen molar-refractivity contribution in [2.75, 3.05) is 32.6 Å². The SMILES string of the molecule is COCCNCCc1ncc(-c2cc3c(s2)CCSC3)o1. The van der Waals surface area contributed by atoms with Crippen LogP contribution in [0.5, 0.6) is 0 Å². The van der Waals surface area contributed by atoms with Crippen LogP contribution in [0.4, 0.5) is 0 Å². The first-order chi connectivity index (χ1) is 10.4. The van der Waals surface area contributed by atoms with Crippen molar-refractivity contribution < 1.29 is 9.15 Å². The lowest BCUT2D eigenvalue weighted by Gasteiger charge is -2.08. The Hall–Kier alpha value is -0.820. The van der Waals surface area contributed by atoms with Gasteiger partial charge in [-0.15, -0.1) is 11.3 Å². The quantitative estimate of drug-likeness (QED) is 0.794. The number of nitrogens with zero attached hydrogens (tertiary/aromatic N) is 1. The predicted molar refractivity (Wildman–Crippen MR) is 88.1 cm³/mol. The summed E-state index contributed by atoms with van der Waals surface area (Å²) in [7, 11) is 1.71. The standard InChI is InChI=1S/C15H20N2O2S2/c1-18-6-5-16-4-2-15-17-9-12(19-15)14-8-11-10-20-7-3-13(11)21-14/h8-9,16H,2-7,10H2,1H3. The maximum Gasteiger partial charge on any atom is 0.196 e. The van der Waals surface area contributed by atoms with E-state index in [9.17, 15) is 0 Å². The Morgan fingerprint density at radius 3 is 3.24 bits per heavy atom. The van der Waals surface area contributed by atoms with Gasteiger partial charge in [-0.3, -0.25) is 0 Å². The molecule has 4 nitrogen and oxygen atoms in total. The fourth-order valence-corrected chi connectivity index (χ4v) is 4.62. The molecule has 0 aromatic carbocycles. The van der Waals surface area contributed by atoms with Crippen molar-refractivity contribution in [3.63, 3.8) is 0 Å². The van der Waals surface area contributed by atoms with Crippen LogP contribution in [0.1, 0.15) is 16.3 Å². The highest BCUT2D eigenvalue weighted by Gasteiger charge is 2.16. The summed E-state index contributed by atoms with van der Waals surface area (Å²) < 4.78 is 10.9. The Labute approximate surface area is 133 Å². The maximum absolute atomic E-state index is 5.88. The van der Waals surface area contributed by atoms with Gasteiger partial charge in [-0.25, -0.2) is 4.98 Å². The molecule has 0 amide bonds. The Morgan fingerprint density at radius 2 is 2.38 bits per heavy atom. The zero-order valence-electron chi connectivity index (χ0n) is 12.2. The Morgan fingerprint density at radius 1 is 1.43 bits per heavy atom. The number of thiophene rings is 1. The highest BCUT2D eigenvalue weighted by Crippen LogP contribution is 2.37. The Balaban J connectivity index is 1.58. The topological polar surface area (TPSA) is 47.3 Å². The minimum Gasteiger partial charge on any atom is -0.440 e. The molecular weight excluding hydrogens is 304 g/mol. The summed E-state index contributed by atoms with van der Waals surface area (Å²) in [6.07, 6.45) is 3.86. The molecule has 3 rings (SSSR count). The van der Waals surface area contributed by atoms with Gasteiger partial charge in [0.15, 0.2) is 11.7 Å². The molecule has 2 aromatic rings. The first kappa shape index (κ1) is 15.1. The third-order valence-corrected chi connectivity index (χ3v) is 5.68. The van der Waals surface area contributed by atoms with Crippen LogP contribution >= 0.6 is 23.1 Å². The average molecular weight is 324 g/mol. The molecule has 6 heteroatoms. The summed E-state index contributed by atoms with van der Waals surface area (Å²) in [6.45, 7) is 2.45. The highest BCUT2D eigenvalue weighted by molar-refractivity contribution is 7.98. The molecule has 0 bridgehead atoms. The van der Waals surface area contributed by atoms with Gasteiger partial charge in [0, 0.05) is 37.3 Å². The molecule has 0 spiro atoms. The molecule has 1 aliphatic rings. The molecule has 0 unspecified atom stereocenters. The Kier molecular flexibility index (Phi) is 5.35. The first-order valence-corrected chi connectivity index (χ1v) is 9.18.